The third kappa shape index (κ3) is 13.3. The zero-order valence-corrected chi connectivity index (χ0v) is 22.6. The first-order valence-electron chi connectivity index (χ1n) is 12.6. The summed E-state index contributed by atoms with van der Waals surface area (Å²) in [7, 11) is 0. The molecule has 0 aromatic carbocycles. The van der Waals surface area contributed by atoms with Gasteiger partial charge in [0.2, 0.25) is 0 Å². The van der Waals surface area contributed by atoms with E-state index in [1.54, 1.807) is 0 Å². The molecule has 0 aromatic rings. The van der Waals surface area contributed by atoms with E-state index < -0.39 is 0 Å². The molecule has 0 aliphatic heterocycles. The Morgan fingerprint density at radius 1 is 0.700 bits per heavy atom. The molecule has 0 amide bonds. The predicted molar refractivity (Wildman–Crippen MR) is 137 cm³/mol. The smallest absolute Gasteiger partial charge is 0.0102 e. The minimum absolute atomic E-state index is 0.146. The minimum atomic E-state index is -0.146. The van der Waals surface area contributed by atoms with Crippen molar-refractivity contribution in [1.29, 1.82) is 0 Å². The summed E-state index contributed by atoms with van der Waals surface area (Å²) in [6.45, 7) is 24.3. The molecular weight excluding hydrogens is 366 g/mol. The van der Waals surface area contributed by atoms with Crippen LogP contribution in [0.2, 0.25) is 0 Å². The van der Waals surface area contributed by atoms with Crippen molar-refractivity contribution in [3.63, 3.8) is 0 Å². The lowest BCUT2D eigenvalue weighted by molar-refractivity contribution is 0.0188. The molecule has 2 unspecified atom stereocenters. The fourth-order valence-corrected chi connectivity index (χ4v) is 7.15. The average Bonchev–Trinajstić information content (AvgIpc) is 2.40. The van der Waals surface area contributed by atoms with Crippen LogP contribution in [0, 0.1) is 21.7 Å². The Morgan fingerprint density at radius 3 is 1.63 bits per heavy atom. The van der Waals surface area contributed by atoms with Crippen LogP contribution in [0.15, 0.2) is 0 Å². The lowest BCUT2D eigenvalue weighted by atomic mass is 9.56. The molecule has 0 bridgehead atoms. The molecule has 0 saturated heterocycles. The van der Waals surface area contributed by atoms with Crippen LogP contribution >= 0.6 is 0 Å². The molecule has 0 saturated carbocycles. The minimum Gasteiger partial charge on any atom is -0.330 e. The number of nitrogens with two attached hydrogens (primary N) is 3. The van der Waals surface area contributed by atoms with E-state index in [0.29, 0.717) is 10.8 Å². The van der Waals surface area contributed by atoms with Gasteiger partial charge in [-0.2, -0.15) is 0 Å². The zero-order valence-electron chi connectivity index (χ0n) is 22.6. The van der Waals surface area contributed by atoms with E-state index in [1.807, 2.05) is 0 Å². The summed E-state index contributed by atoms with van der Waals surface area (Å²) in [6.07, 6.45) is 12.0. The number of hydrogen-bond acceptors (Lipinski definition) is 3. The van der Waals surface area contributed by atoms with Gasteiger partial charge in [-0.3, -0.25) is 0 Å². The highest BCUT2D eigenvalue weighted by molar-refractivity contribution is 4.96. The van der Waals surface area contributed by atoms with Gasteiger partial charge in [-0.15, -0.1) is 0 Å². The van der Waals surface area contributed by atoms with Crippen LogP contribution in [0.4, 0.5) is 0 Å². The van der Waals surface area contributed by atoms with Gasteiger partial charge in [-0.05, 0) is 100 Å². The van der Waals surface area contributed by atoms with Crippen LogP contribution in [0.5, 0.6) is 0 Å². The SMILES string of the molecule is CCCC(C)(C)CC(CCCCN)(CC(C)(C)CC(C)N)CC(C)(C)CC(C)(C)N. The Kier molecular flexibility index (Phi) is 11.6. The highest BCUT2D eigenvalue weighted by Crippen LogP contribution is 2.54. The molecule has 0 radical (unpaired) electrons. The summed E-state index contributed by atoms with van der Waals surface area (Å²) < 4.78 is 0. The first kappa shape index (κ1) is 29.9. The highest BCUT2D eigenvalue weighted by atomic mass is 14.7. The van der Waals surface area contributed by atoms with E-state index >= 15 is 0 Å². The molecule has 0 spiro atoms. The quantitative estimate of drug-likeness (QED) is 0.233. The molecule has 0 rings (SSSR count). The van der Waals surface area contributed by atoms with Crippen molar-refractivity contribution in [2.24, 2.45) is 38.9 Å². The third-order valence-corrected chi connectivity index (χ3v) is 6.46. The van der Waals surface area contributed by atoms with Gasteiger partial charge in [-0.25, -0.2) is 0 Å². The maximum Gasteiger partial charge on any atom is 0.0102 e. The molecule has 30 heavy (non-hydrogen) atoms. The normalized spacial score (nSPS) is 17.1. The van der Waals surface area contributed by atoms with Gasteiger partial charge in [0.15, 0.2) is 0 Å². The third-order valence-electron chi connectivity index (χ3n) is 6.46. The second kappa shape index (κ2) is 11.7. The summed E-state index contributed by atoms with van der Waals surface area (Å²) in [4.78, 5) is 0. The van der Waals surface area contributed by atoms with Crippen LogP contribution < -0.4 is 17.2 Å². The van der Waals surface area contributed by atoms with Gasteiger partial charge in [0, 0.05) is 11.6 Å². The lowest BCUT2D eigenvalue weighted by Crippen LogP contribution is -2.42. The monoisotopic (exact) mass is 425 g/mol. The maximum absolute atomic E-state index is 6.50. The standard InChI is InChI=1S/C27H59N3/c1-11-14-23(3,4)19-27(15-12-13-16-28,20-24(5,6)17-22(2)29)21-25(7,8)18-26(9,10)30/h22H,11-21,28-30H2,1-10H3. The number of unbranched alkanes of at least 4 members (excludes halogenated alkanes) is 1. The summed E-state index contributed by atoms with van der Waals surface area (Å²) in [5, 5.41) is 0. The first-order valence-corrected chi connectivity index (χ1v) is 12.6. The van der Waals surface area contributed by atoms with Crippen LogP contribution in [0.3, 0.4) is 0 Å². The van der Waals surface area contributed by atoms with E-state index in [2.05, 4.69) is 69.2 Å². The number of rotatable bonds is 16. The fourth-order valence-electron chi connectivity index (χ4n) is 7.15. The van der Waals surface area contributed by atoms with Crippen LogP contribution in [0.1, 0.15) is 133 Å². The highest BCUT2D eigenvalue weighted by Gasteiger charge is 2.44. The Morgan fingerprint density at radius 2 is 1.20 bits per heavy atom. The summed E-state index contributed by atoms with van der Waals surface area (Å²) in [5.41, 5.74) is 19.6. The molecule has 6 N–H and O–H groups in total. The van der Waals surface area contributed by atoms with E-state index in [-0.39, 0.29) is 22.4 Å². The van der Waals surface area contributed by atoms with Crippen LogP contribution in [-0.2, 0) is 0 Å². The van der Waals surface area contributed by atoms with Gasteiger partial charge >= 0.3 is 0 Å². The molecule has 0 aliphatic carbocycles. The molecule has 3 heteroatoms. The Bertz CT molecular complexity index is 471. The Hall–Kier alpha value is -0.120. The molecule has 2 atom stereocenters. The predicted octanol–water partition coefficient (Wildman–Crippen LogP) is 7.02. The summed E-state index contributed by atoms with van der Waals surface area (Å²) >= 11 is 0. The topological polar surface area (TPSA) is 78.1 Å². The van der Waals surface area contributed by atoms with Crippen molar-refractivity contribution in [2.45, 2.75) is 145 Å². The van der Waals surface area contributed by atoms with Crippen LogP contribution in [0.25, 0.3) is 0 Å². The molecule has 0 aromatic heterocycles. The van der Waals surface area contributed by atoms with Crippen molar-refractivity contribution >= 4 is 0 Å². The molecule has 0 heterocycles. The Balaban J connectivity index is 6.12. The lowest BCUT2D eigenvalue weighted by Gasteiger charge is -2.50. The largest absolute Gasteiger partial charge is 0.330 e. The molecular formula is C27H59N3. The molecule has 3 nitrogen and oxygen atoms in total. The average molecular weight is 426 g/mol. The van der Waals surface area contributed by atoms with Gasteiger partial charge in [0.25, 0.3) is 0 Å². The second-order valence-electron chi connectivity index (χ2n) is 13.9. The summed E-state index contributed by atoms with van der Waals surface area (Å²) in [6, 6.07) is 0.237. The van der Waals surface area contributed by atoms with Crippen molar-refractivity contribution in [1.82, 2.24) is 0 Å². The Labute approximate surface area is 190 Å². The zero-order chi connectivity index (χ0) is 23.9. The van der Waals surface area contributed by atoms with Crippen molar-refractivity contribution < 1.29 is 0 Å². The van der Waals surface area contributed by atoms with Crippen molar-refractivity contribution in [3.05, 3.63) is 0 Å². The maximum atomic E-state index is 6.50. The van der Waals surface area contributed by atoms with E-state index in [1.165, 1.54) is 44.9 Å². The van der Waals surface area contributed by atoms with Gasteiger partial charge in [-0.1, -0.05) is 61.3 Å². The number of hydrogen-bond donors (Lipinski definition) is 3. The van der Waals surface area contributed by atoms with Crippen molar-refractivity contribution in [2.75, 3.05) is 6.54 Å². The second-order valence-corrected chi connectivity index (χ2v) is 13.9. The van der Waals surface area contributed by atoms with Gasteiger partial charge in [0.05, 0.1) is 0 Å². The molecule has 182 valence electrons. The van der Waals surface area contributed by atoms with Crippen LogP contribution in [-0.4, -0.2) is 18.1 Å². The van der Waals surface area contributed by atoms with E-state index in [4.69, 9.17) is 17.2 Å². The summed E-state index contributed by atoms with van der Waals surface area (Å²) in [5.74, 6) is 0. The van der Waals surface area contributed by atoms with Gasteiger partial charge < -0.3 is 17.2 Å². The fraction of sp³-hybridized carbons (Fsp3) is 1.00. The first-order chi connectivity index (χ1) is 13.4. The van der Waals surface area contributed by atoms with E-state index in [0.717, 1.165) is 25.8 Å². The van der Waals surface area contributed by atoms with Gasteiger partial charge in [0.1, 0.15) is 0 Å². The molecule has 0 aliphatic rings. The van der Waals surface area contributed by atoms with Crippen molar-refractivity contribution in [3.8, 4) is 0 Å². The van der Waals surface area contributed by atoms with E-state index in [9.17, 15) is 0 Å². The molecule has 0 fully saturated rings.